The third-order valence-corrected chi connectivity index (χ3v) is 4.85. The topological polar surface area (TPSA) is 43.6 Å². The molecule has 0 fully saturated rings. The maximum atomic E-state index is 4.52. The summed E-state index contributed by atoms with van der Waals surface area (Å²) < 4.78 is 2.11. The lowest BCUT2D eigenvalue weighted by atomic mass is 10.1. The molecule has 0 radical (unpaired) electrons. The maximum absolute atomic E-state index is 4.52. The molecule has 0 atom stereocenters. The van der Waals surface area contributed by atoms with Crippen LogP contribution in [0, 0.1) is 0 Å². The predicted octanol–water partition coefficient (Wildman–Crippen LogP) is 5.66. The van der Waals surface area contributed by atoms with Crippen molar-refractivity contribution in [2.45, 2.75) is 0 Å². The first kappa shape index (κ1) is 17.1. The molecule has 0 spiro atoms. The van der Waals surface area contributed by atoms with Crippen molar-refractivity contribution in [2.75, 3.05) is 0 Å². The van der Waals surface area contributed by atoms with E-state index in [1.165, 1.54) is 0 Å². The summed E-state index contributed by atoms with van der Waals surface area (Å²) in [5.74, 6) is 1.64. The van der Waals surface area contributed by atoms with Gasteiger partial charge in [0.05, 0.1) is 0 Å². The Morgan fingerprint density at radius 3 is 1.55 bits per heavy atom. The van der Waals surface area contributed by atoms with E-state index >= 15 is 0 Å². The van der Waals surface area contributed by atoms with Crippen molar-refractivity contribution in [1.82, 2.24) is 19.7 Å². The normalized spacial score (nSPS) is 10.8. The van der Waals surface area contributed by atoms with Crippen LogP contribution in [0.1, 0.15) is 0 Å². The van der Waals surface area contributed by atoms with E-state index in [2.05, 4.69) is 74.3 Å². The summed E-state index contributed by atoms with van der Waals surface area (Å²) >= 11 is 0. The summed E-state index contributed by atoms with van der Waals surface area (Å²) in [5.41, 5.74) is 5.28. The standard InChI is InChI=1S/C25H18N4/c1-3-8-20(9-4-1)24-27-28-25(21-10-5-2-6-11-21)29(24)23-15-13-19(14-16-23)22-12-7-17-26-18-22/h1-18H. The molecule has 5 aromatic rings. The summed E-state index contributed by atoms with van der Waals surface area (Å²) in [7, 11) is 0. The fourth-order valence-electron chi connectivity index (χ4n) is 3.41. The highest BCUT2D eigenvalue weighted by atomic mass is 15.3. The molecule has 0 aliphatic rings. The molecule has 0 unspecified atom stereocenters. The van der Waals surface area contributed by atoms with E-state index < -0.39 is 0 Å². The van der Waals surface area contributed by atoms with Gasteiger partial charge in [0.1, 0.15) is 0 Å². The Morgan fingerprint density at radius 1 is 0.483 bits per heavy atom. The third kappa shape index (κ3) is 3.32. The van der Waals surface area contributed by atoms with Crippen LogP contribution >= 0.6 is 0 Å². The highest BCUT2D eigenvalue weighted by Gasteiger charge is 2.16. The Morgan fingerprint density at radius 2 is 1.03 bits per heavy atom. The maximum Gasteiger partial charge on any atom is 0.168 e. The minimum atomic E-state index is 0.818. The quantitative estimate of drug-likeness (QED) is 0.407. The number of hydrogen-bond acceptors (Lipinski definition) is 3. The van der Waals surface area contributed by atoms with Crippen molar-refractivity contribution < 1.29 is 0 Å². The van der Waals surface area contributed by atoms with Gasteiger partial charge in [-0.05, 0) is 29.3 Å². The first-order chi connectivity index (χ1) is 14.4. The molecule has 2 aromatic heterocycles. The van der Waals surface area contributed by atoms with Crippen LogP contribution in [-0.2, 0) is 0 Å². The third-order valence-electron chi connectivity index (χ3n) is 4.85. The Kier molecular flexibility index (Phi) is 4.43. The van der Waals surface area contributed by atoms with Crippen molar-refractivity contribution in [2.24, 2.45) is 0 Å². The molecule has 0 saturated heterocycles. The van der Waals surface area contributed by atoms with Gasteiger partial charge in [-0.25, -0.2) is 0 Å². The van der Waals surface area contributed by atoms with Crippen LogP contribution in [0.25, 0.3) is 39.6 Å². The molecule has 0 aliphatic carbocycles. The van der Waals surface area contributed by atoms with Crippen LogP contribution in [0.2, 0.25) is 0 Å². The number of pyridine rings is 1. The van der Waals surface area contributed by atoms with Gasteiger partial charge in [-0.2, -0.15) is 0 Å². The number of hydrogen-bond donors (Lipinski definition) is 0. The average molecular weight is 374 g/mol. The summed E-state index contributed by atoms with van der Waals surface area (Å²) in [6.45, 7) is 0. The van der Waals surface area contributed by atoms with Crippen molar-refractivity contribution in [3.63, 3.8) is 0 Å². The summed E-state index contributed by atoms with van der Waals surface area (Å²) in [5, 5.41) is 9.05. The fraction of sp³-hybridized carbons (Fsp3) is 0. The summed E-state index contributed by atoms with van der Waals surface area (Å²) in [6, 6.07) is 32.7. The fourth-order valence-corrected chi connectivity index (χ4v) is 3.41. The second kappa shape index (κ2) is 7.52. The van der Waals surface area contributed by atoms with Crippen molar-refractivity contribution >= 4 is 0 Å². The zero-order valence-electron chi connectivity index (χ0n) is 15.7. The number of benzene rings is 3. The lowest BCUT2D eigenvalue weighted by molar-refractivity contribution is 1.07. The molecule has 138 valence electrons. The molecule has 0 amide bonds. The lowest BCUT2D eigenvalue weighted by Crippen LogP contribution is -2.00. The second-order valence-electron chi connectivity index (χ2n) is 6.70. The number of nitrogens with zero attached hydrogens (tertiary/aromatic N) is 4. The minimum Gasteiger partial charge on any atom is -0.275 e. The monoisotopic (exact) mass is 374 g/mol. The van der Waals surface area contributed by atoms with E-state index in [-0.39, 0.29) is 0 Å². The molecule has 2 heterocycles. The summed E-state index contributed by atoms with van der Waals surface area (Å²) in [4.78, 5) is 4.22. The van der Waals surface area contributed by atoms with Crippen LogP contribution in [-0.4, -0.2) is 19.7 Å². The van der Waals surface area contributed by atoms with Gasteiger partial charge in [0.25, 0.3) is 0 Å². The summed E-state index contributed by atoms with van der Waals surface area (Å²) in [6.07, 6.45) is 3.66. The van der Waals surface area contributed by atoms with Crippen LogP contribution < -0.4 is 0 Å². The van der Waals surface area contributed by atoms with Crippen LogP contribution in [0.4, 0.5) is 0 Å². The van der Waals surface area contributed by atoms with E-state index in [1.807, 2.05) is 48.7 Å². The average Bonchev–Trinajstić information content (AvgIpc) is 3.26. The van der Waals surface area contributed by atoms with Crippen LogP contribution in [0.5, 0.6) is 0 Å². The molecule has 0 aliphatic heterocycles. The van der Waals surface area contributed by atoms with Crippen molar-refractivity contribution in [3.05, 3.63) is 109 Å². The molecule has 5 rings (SSSR count). The smallest absolute Gasteiger partial charge is 0.168 e. The SMILES string of the molecule is c1ccc(-c2nnc(-c3ccccc3)n2-c2ccc(-c3cccnc3)cc2)cc1. The second-order valence-corrected chi connectivity index (χ2v) is 6.70. The van der Waals surface area contributed by atoms with Crippen molar-refractivity contribution in [1.29, 1.82) is 0 Å². The molecule has 4 nitrogen and oxygen atoms in total. The van der Waals surface area contributed by atoms with Gasteiger partial charge in [0.2, 0.25) is 0 Å². The Labute approximate surface area is 169 Å². The molecule has 29 heavy (non-hydrogen) atoms. The predicted molar refractivity (Wildman–Crippen MR) is 115 cm³/mol. The Balaban J connectivity index is 1.66. The van der Waals surface area contributed by atoms with E-state index in [0.29, 0.717) is 0 Å². The van der Waals surface area contributed by atoms with Gasteiger partial charge in [0, 0.05) is 29.2 Å². The highest BCUT2D eigenvalue weighted by molar-refractivity contribution is 5.69. The van der Waals surface area contributed by atoms with E-state index in [0.717, 1.165) is 39.6 Å². The van der Waals surface area contributed by atoms with Crippen molar-refractivity contribution in [3.8, 4) is 39.6 Å². The zero-order chi connectivity index (χ0) is 19.5. The zero-order valence-corrected chi connectivity index (χ0v) is 15.7. The lowest BCUT2D eigenvalue weighted by Gasteiger charge is -2.12. The molecule has 3 aromatic carbocycles. The molecule has 0 saturated carbocycles. The van der Waals surface area contributed by atoms with E-state index in [9.17, 15) is 0 Å². The van der Waals surface area contributed by atoms with E-state index in [1.54, 1.807) is 6.20 Å². The van der Waals surface area contributed by atoms with Gasteiger partial charge in [0.15, 0.2) is 11.6 Å². The van der Waals surface area contributed by atoms with Gasteiger partial charge >= 0.3 is 0 Å². The van der Waals surface area contributed by atoms with Crippen LogP contribution in [0.15, 0.2) is 109 Å². The molecule has 4 heteroatoms. The first-order valence-electron chi connectivity index (χ1n) is 9.47. The highest BCUT2D eigenvalue weighted by Crippen LogP contribution is 2.29. The number of aromatic nitrogens is 4. The van der Waals surface area contributed by atoms with Gasteiger partial charge in [-0.15, -0.1) is 10.2 Å². The molecular formula is C25H18N4. The Hall–Kier alpha value is -4.05. The van der Waals surface area contributed by atoms with Gasteiger partial charge < -0.3 is 0 Å². The molecule has 0 bridgehead atoms. The van der Waals surface area contributed by atoms with Gasteiger partial charge in [-0.3, -0.25) is 9.55 Å². The van der Waals surface area contributed by atoms with E-state index in [4.69, 9.17) is 0 Å². The number of rotatable bonds is 4. The molecule has 0 N–H and O–H groups in total. The van der Waals surface area contributed by atoms with Gasteiger partial charge in [-0.1, -0.05) is 78.9 Å². The van der Waals surface area contributed by atoms with Crippen LogP contribution in [0.3, 0.4) is 0 Å². The Bertz CT molecular complexity index is 1160. The first-order valence-corrected chi connectivity index (χ1v) is 9.47. The largest absolute Gasteiger partial charge is 0.275 e. The molecular weight excluding hydrogens is 356 g/mol. The minimum absolute atomic E-state index is 0.818.